The smallest absolute Gasteiger partial charge is 0.315 e. The van der Waals surface area contributed by atoms with E-state index in [9.17, 15) is 4.79 Å². The van der Waals surface area contributed by atoms with Crippen LogP contribution in [0.5, 0.6) is 0 Å². The Morgan fingerprint density at radius 1 is 1.53 bits per heavy atom. The molecule has 84 valence electrons. The second-order valence-electron chi connectivity index (χ2n) is 3.33. The minimum atomic E-state index is -0.115. The molecular formula is C10H17N3OS. The zero-order valence-electron chi connectivity index (χ0n) is 9.17. The third kappa shape index (κ3) is 4.78. The van der Waals surface area contributed by atoms with Crippen LogP contribution in [0.15, 0.2) is 6.20 Å². The van der Waals surface area contributed by atoms with Crippen molar-refractivity contribution in [3.8, 4) is 0 Å². The molecule has 5 heteroatoms. The van der Waals surface area contributed by atoms with Crippen LogP contribution >= 0.6 is 11.3 Å². The Bertz CT molecular complexity index is 311. The molecule has 15 heavy (non-hydrogen) atoms. The lowest BCUT2D eigenvalue weighted by Crippen LogP contribution is -2.35. The molecule has 1 rings (SSSR count). The second-order valence-corrected chi connectivity index (χ2v) is 4.65. The van der Waals surface area contributed by atoms with E-state index in [1.807, 2.05) is 13.1 Å². The summed E-state index contributed by atoms with van der Waals surface area (Å²) in [6.45, 7) is 5.34. The van der Waals surface area contributed by atoms with Crippen molar-refractivity contribution in [3.63, 3.8) is 0 Å². The summed E-state index contributed by atoms with van der Waals surface area (Å²) in [5.41, 5.74) is 0. The largest absolute Gasteiger partial charge is 0.338 e. The maximum absolute atomic E-state index is 11.3. The lowest BCUT2D eigenvalue weighted by atomic mass is 10.3. The van der Waals surface area contributed by atoms with Crippen molar-refractivity contribution in [1.29, 1.82) is 0 Å². The van der Waals surface area contributed by atoms with Crippen molar-refractivity contribution in [2.45, 2.75) is 33.2 Å². The Morgan fingerprint density at radius 3 is 2.93 bits per heavy atom. The van der Waals surface area contributed by atoms with Crippen LogP contribution in [0, 0.1) is 6.92 Å². The van der Waals surface area contributed by atoms with Crippen LogP contribution in [-0.4, -0.2) is 17.6 Å². The van der Waals surface area contributed by atoms with Gasteiger partial charge in [-0.25, -0.2) is 9.78 Å². The molecule has 0 aliphatic heterocycles. The van der Waals surface area contributed by atoms with Gasteiger partial charge in [-0.1, -0.05) is 13.3 Å². The fourth-order valence-corrected chi connectivity index (χ4v) is 1.81. The Kier molecular flexibility index (Phi) is 5.10. The molecule has 0 saturated carbocycles. The number of unbranched alkanes of at least 4 members (excludes halogenated alkanes) is 1. The van der Waals surface area contributed by atoms with Gasteiger partial charge in [0, 0.05) is 17.6 Å². The van der Waals surface area contributed by atoms with Crippen molar-refractivity contribution < 1.29 is 4.79 Å². The summed E-state index contributed by atoms with van der Waals surface area (Å²) < 4.78 is 0. The van der Waals surface area contributed by atoms with E-state index in [1.54, 1.807) is 11.3 Å². The van der Waals surface area contributed by atoms with Gasteiger partial charge in [0.15, 0.2) is 0 Å². The summed E-state index contributed by atoms with van der Waals surface area (Å²) in [6, 6.07) is -0.115. The molecule has 0 radical (unpaired) electrons. The van der Waals surface area contributed by atoms with Gasteiger partial charge in [-0.05, 0) is 13.3 Å². The predicted molar refractivity (Wildman–Crippen MR) is 62.0 cm³/mol. The van der Waals surface area contributed by atoms with Gasteiger partial charge in [0.25, 0.3) is 0 Å². The van der Waals surface area contributed by atoms with Crippen molar-refractivity contribution in [2.75, 3.05) is 6.54 Å². The highest BCUT2D eigenvalue weighted by atomic mass is 32.1. The third-order valence-electron chi connectivity index (χ3n) is 1.89. The van der Waals surface area contributed by atoms with Gasteiger partial charge in [-0.15, -0.1) is 11.3 Å². The Balaban J connectivity index is 2.16. The number of hydrogen-bond acceptors (Lipinski definition) is 3. The number of rotatable bonds is 5. The first-order chi connectivity index (χ1) is 7.22. The summed E-state index contributed by atoms with van der Waals surface area (Å²) >= 11 is 1.60. The lowest BCUT2D eigenvalue weighted by Gasteiger charge is -2.04. The van der Waals surface area contributed by atoms with Crippen LogP contribution in [0.2, 0.25) is 0 Å². The van der Waals surface area contributed by atoms with Gasteiger partial charge < -0.3 is 10.6 Å². The Hall–Kier alpha value is -1.10. The quantitative estimate of drug-likeness (QED) is 0.756. The molecule has 0 aliphatic rings. The second kappa shape index (κ2) is 6.40. The van der Waals surface area contributed by atoms with Crippen LogP contribution in [0.4, 0.5) is 4.79 Å². The number of nitrogens with one attached hydrogen (secondary N) is 2. The predicted octanol–water partition coefficient (Wildman–Crippen LogP) is 2.05. The number of hydrogen-bond donors (Lipinski definition) is 2. The lowest BCUT2D eigenvalue weighted by molar-refractivity contribution is 0.240. The molecule has 1 heterocycles. The topological polar surface area (TPSA) is 54.0 Å². The molecule has 1 aromatic rings. The summed E-state index contributed by atoms with van der Waals surface area (Å²) in [5, 5.41) is 6.50. The van der Waals surface area contributed by atoms with E-state index in [1.165, 1.54) is 0 Å². The number of carbonyl (C=O) groups is 1. The van der Waals surface area contributed by atoms with Gasteiger partial charge in [-0.3, -0.25) is 0 Å². The Morgan fingerprint density at radius 2 is 2.33 bits per heavy atom. The number of urea groups is 1. The van der Waals surface area contributed by atoms with E-state index in [-0.39, 0.29) is 6.03 Å². The van der Waals surface area contributed by atoms with Crippen LogP contribution in [0.25, 0.3) is 0 Å². The van der Waals surface area contributed by atoms with E-state index < -0.39 is 0 Å². The van der Waals surface area contributed by atoms with Crippen LogP contribution in [-0.2, 0) is 6.54 Å². The molecule has 0 spiro atoms. The number of amides is 2. The van der Waals surface area contributed by atoms with Crippen LogP contribution in [0.1, 0.15) is 29.7 Å². The standard InChI is InChI=1S/C10H17N3OS/c1-3-4-5-11-10(14)13-7-9-12-6-8(2)15-9/h6H,3-5,7H2,1-2H3,(H2,11,13,14). The molecule has 2 amide bonds. The molecule has 1 aromatic heterocycles. The van der Waals surface area contributed by atoms with Gasteiger partial charge >= 0.3 is 6.03 Å². The van der Waals surface area contributed by atoms with Gasteiger partial charge in [0.05, 0.1) is 6.54 Å². The number of nitrogens with zero attached hydrogens (tertiary/aromatic N) is 1. The van der Waals surface area contributed by atoms with Crippen molar-refractivity contribution in [2.24, 2.45) is 0 Å². The van der Waals surface area contributed by atoms with E-state index in [0.29, 0.717) is 6.54 Å². The van der Waals surface area contributed by atoms with E-state index >= 15 is 0 Å². The SMILES string of the molecule is CCCCNC(=O)NCc1ncc(C)s1. The summed E-state index contributed by atoms with van der Waals surface area (Å²) in [6.07, 6.45) is 3.92. The fourth-order valence-electron chi connectivity index (χ4n) is 1.08. The summed E-state index contributed by atoms with van der Waals surface area (Å²) in [4.78, 5) is 16.6. The van der Waals surface area contributed by atoms with Crippen molar-refractivity contribution in [1.82, 2.24) is 15.6 Å². The highest BCUT2D eigenvalue weighted by molar-refractivity contribution is 7.11. The molecule has 2 N–H and O–H groups in total. The van der Waals surface area contributed by atoms with Gasteiger partial charge in [-0.2, -0.15) is 0 Å². The maximum atomic E-state index is 11.3. The molecule has 0 aliphatic carbocycles. The minimum Gasteiger partial charge on any atom is -0.338 e. The first-order valence-corrected chi connectivity index (χ1v) is 5.97. The van der Waals surface area contributed by atoms with E-state index in [4.69, 9.17) is 0 Å². The number of thiazole rings is 1. The summed E-state index contributed by atoms with van der Waals surface area (Å²) in [5.74, 6) is 0. The molecule has 0 atom stereocenters. The van der Waals surface area contributed by atoms with Crippen LogP contribution in [0.3, 0.4) is 0 Å². The van der Waals surface area contributed by atoms with Gasteiger partial charge in [0.2, 0.25) is 0 Å². The maximum Gasteiger partial charge on any atom is 0.315 e. The zero-order valence-corrected chi connectivity index (χ0v) is 9.99. The van der Waals surface area contributed by atoms with Gasteiger partial charge in [0.1, 0.15) is 5.01 Å². The zero-order chi connectivity index (χ0) is 11.1. The Labute approximate surface area is 94.1 Å². The number of aromatic nitrogens is 1. The molecular weight excluding hydrogens is 210 g/mol. The highest BCUT2D eigenvalue weighted by Crippen LogP contribution is 2.10. The highest BCUT2D eigenvalue weighted by Gasteiger charge is 2.01. The van der Waals surface area contributed by atoms with E-state index in [0.717, 1.165) is 29.3 Å². The molecule has 0 aromatic carbocycles. The van der Waals surface area contributed by atoms with Crippen LogP contribution < -0.4 is 10.6 Å². The monoisotopic (exact) mass is 227 g/mol. The van der Waals surface area contributed by atoms with E-state index in [2.05, 4.69) is 22.5 Å². The molecule has 0 unspecified atom stereocenters. The fraction of sp³-hybridized carbons (Fsp3) is 0.600. The average molecular weight is 227 g/mol. The molecule has 0 saturated heterocycles. The first kappa shape index (κ1) is 12.0. The molecule has 0 bridgehead atoms. The average Bonchev–Trinajstić information content (AvgIpc) is 2.62. The normalized spacial score (nSPS) is 10.0. The van der Waals surface area contributed by atoms with Crippen molar-refractivity contribution >= 4 is 17.4 Å². The number of carbonyl (C=O) groups excluding carboxylic acids is 1. The first-order valence-electron chi connectivity index (χ1n) is 5.15. The van der Waals surface area contributed by atoms with Crippen molar-refractivity contribution in [3.05, 3.63) is 16.1 Å². The third-order valence-corrected chi connectivity index (χ3v) is 2.80. The number of aryl methyl sites for hydroxylation is 1. The summed E-state index contributed by atoms with van der Waals surface area (Å²) in [7, 11) is 0. The minimum absolute atomic E-state index is 0.115. The molecule has 0 fully saturated rings. The molecule has 4 nitrogen and oxygen atoms in total.